The van der Waals surface area contributed by atoms with Crippen LogP contribution in [0.1, 0.15) is 23.0 Å². The van der Waals surface area contributed by atoms with Gasteiger partial charge < -0.3 is 9.94 Å². The van der Waals surface area contributed by atoms with Crippen molar-refractivity contribution >= 4 is 24.6 Å². The van der Waals surface area contributed by atoms with Crippen LogP contribution < -0.4 is 0 Å². The molecule has 0 fully saturated rings. The van der Waals surface area contributed by atoms with Gasteiger partial charge in [0.15, 0.2) is 0 Å². The van der Waals surface area contributed by atoms with E-state index in [0.29, 0.717) is 17.9 Å². The number of aromatic nitrogens is 1. The Balaban J connectivity index is 0.00000196. The molecule has 82 valence electrons. The van der Waals surface area contributed by atoms with Gasteiger partial charge in [-0.1, -0.05) is 5.16 Å². The number of nitrogens with zero attached hydrogens (tertiary/aromatic N) is 2. The Morgan fingerprint density at radius 3 is 2.87 bits per heavy atom. The van der Waals surface area contributed by atoms with Crippen LogP contribution in [0.15, 0.2) is 23.5 Å². The third-order valence-electron chi connectivity index (χ3n) is 1.49. The van der Waals surface area contributed by atoms with E-state index < -0.39 is 5.97 Å². The van der Waals surface area contributed by atoms with Gasteiger partial charge in [0.2, 0.25) is 0 Å². The van der Waals surface area contributed by atoms with E-state index in [9.17, 15) is 4.79 Å². The fourth-order valence-corrected chi connectivity index (χ4v) is 0.876. The van der Waals surface area contributed by atoms with Crippen molar-refractivity contribution in [1.82, 2.24) is 4.98 Å². The van der Waals surface area contributed by atoms with Gasteiger partial charge in [0.05, 0.1) is 24.1 Å². The quantitative estimate of drug-likeness (QED) is 0.370. The third-order valence-corrected chi connectivity index (χ3v) is 1.49. The molecule has 5 nitrogen and oxygen atoms in total. The highest BCUT2D eigenvalue weighted by atomic mass is 35.5. The summed E-state index contributed by atoms with van der Waals surface area (Å²) in [5, 5.41) is 11.0. The second-order valence-electron chi connectivity index (χ2n) is 2.44. The fourth-order valence-electron chi connectivity index (χ4n) is 0.876. The molecule has 1 aromatic rings. The second-order valence-corrected chi connectivity index (χ2v) is 2.44. The molecule has 0 saturated heterocycles. The normalized spacial score (nSPS) is 9.67. The first-order chi connectivity index (χ1) is 6.77. The maximum atomic E-state index is 11.2. The Labute approximate surface area is 93.2 Å². The molecule has 0 bridgehead atoms. The molecule has 6 heteroatoms. The molecular weight excluding hydrogens is 220 g/mol. The van der Waals surface area contributed by atoms with Crippen molar-refractivity contribution in [3.63, 3.8) is 0 Å². The number of ether oxygens (including phenoxy) is 1. The Bertz CT molecular complexity index is 338. The zero-order valence-electron chi connectivity index (χ0n) is 8.08. The monoisotopic (exact) mass is 230 g/mol. The highest BCUT2D eigenvalue weighted by Crippen LogP contribution is 2.00. The molecule has 1 rings (SSSR count). The van der Waals surface area contributed by atoms with Crippen molar-refractivity contribution in [3.05, 3.63) is 29.6 Å². The molecule has 1 heterocycles. The van der Waals surface area contributed by atoms with Crippen LogP contribution in [0.5, 0.6) is 0 Å². The van der Waals surface area contributed by atoms with Crippen LogP contribution in [0.25, 0.3) is 0 Å². The molecule has 0 saturated carbocycles. The van der Waals surface area contributed by atoms with Gasteiger partial charge in [0.25, 0.3) is 0 Å². The van der Waals surface area contributed by atoms with Crippen LogP contribution in [-0.2, 0) is 4.74 Å². The number of carbonyl (C=O) groups is 1. The lowest BCUT2D eigenvalue weighted by molar-refractivity contribution is 0.0526. The molecule has 0 unspecified atom stereocenters. The van der Waals surface area contributed by atoms with Gasteiger partial charge >= 0.3 is 5.97 Å². The Kier molecular flexibility index (Phi) is 6.05. The van der Waals surface area contributed by atoms with Crippen molar-refractivity contribution in [2.75, 3.05) is 6.61 Å². The first-order valence-corrected chi connectivity index (χ1v) is 4.08. The lowest BCUT2D eigenvalue weighted by Gasteiger charge is -2.00. The zero-order chi connectivity index (χ0) is 10.4. The molecule has 1 aromatic heterocycles. The summed E-state index contributed by atoms with van der Waals surface area (Å²) >= 11 is 0. The number of hydrogen-bond acceptors (Lipinski definition) is 5. The third kappa shape index (κ3) is 3.95. The second kappa shape index (κ2) is 6.78. The zero-order valence-corrected chi connectivity index (χ0v) is 8.90. The van der Waals surface area contributed by atoms with Gasteiger partial charge in [-0.15, -0.1) is 12.4 Å². The summed E-state index contributed by atoms with van der Waals surface area (Å²) in [7, 11) is 0. The molecule has 0 atom stereocenters. The number of carbonyl (C=O) groups excluding carboxylic acids is 1. The van der Waals surface area contributed by atoms with E-state index in [1.807, 2.05) is 0 Å². The molecule has 0 aromatic carbocycles. The van der Waals surface area contributed by atoms with Crippen molar-refractivity contribution in [2.24, 2.45) is 5.16 Å². The molecular formula is C9H11ClN2O3. The Hall–Kier alpha value is -1.62. The van der Waals surface area contributed by atoms with Gasteiger partial charge in [-0.25, -0.2) is 4.79 Å². The lowest BCUT2D eigenvalue weighted by atomic mass is 10.2. The van der Waals surface area contributed by atoms with Gasteiger partial charge in [0.1, 0.15) is 0 Å². The number of rotatable bonds is 3. The van der Waals surface area contributed by atoms with E-state index in [0.717, 1.165) is 0 Å². The first kappa shape index (κ1) is 13.4. The van der Waals surface area contributed by atoms with E-state index >= 15 is 0 Å². The van der Waals surface area contributed by atoms with E-state index in [1.54, 1.807) is 19.1 Å². The number of halogens is 1. The first-order valence-electron chi connectivity index (χ1n) is 4.08. The van der Waals surface area contributed by atoms with Crippen molar-refractivity contribution in [2.45, 2.75) is 6.92 Å². The minimum atomic E-state index is -0.410. The van der Waals surface area contributed by atoms with Crippen LogP contribution in [0.4, 0.5) is 0 Å². The predicted molar refractivity (Wildman–Crippen MR) is 56.8 cm³/mol. The van der Waals surface area contributed by atoms with Crippen LogP contribution in [0, 0.1) is 0 Å². The summed E-state index contributed by atoms with van der Waals surface area (Å²) in [6.07, 6.45) is 2.55. The summed E-state index contributed by atoms with van der Waals surface area (Å²) in [5.74, 6) is -0.410. The average molecular weight is 231 g/mol. The molecule has 0 aliphatic carbocycles. The van der Waals surface area contributed by atoms with Crippen molar-refractivity contribution in [3.8, 4) is 0 Å². The summed E-state index contributed by atoms with van der Waals surface area (Å²) < 4.78 is 4.77. The molecule has 0 radical (unpaired) electrons. The number of esters is 1. The van der Waals surface area contributed by atoms with Crippen LogP contribution in [0.3, 0.4) is 0 Å². The SMILES string of the molecule is CCOC(=O)c1ccc(/C=N/O)nc1.Cl. The molecule has 0 aliphatic heterocycles. The molecule has 1 N–H and O–H groups in total. The Morgan fingerprint density at radius 2 is 2.40 bits per heavy atom. The summed E-state index contributed by atoms with van der Waals surface area (Å²) in [6, 6.07) is 3.12. The van der Waals surface area contributed by atoms with Crippen LogP contribution >= 0.6 is 12.4 Å². The minimum Gasteiger partial charge on any atom is -0.462 e. The average Bonchev–Trinajstić information content (AvgIpc) is 2.20. The van der Waals surface area contributed by atoms with Gasteiger partial charge in [-0.2, -0.15) is 0 Å². The lowest BCUT2D eigenvalue weighted by Crippen LogP contribution is -2.05. The summed E-state index contributed by atoms with van der Waals surface area (Å²) in [5.41, 5.74) is 0.850. The van der Waals surface area contributed by atoms with Gasteiger partial charge in [-0.05, 0) is 19.1 Å². The maximum Gasteiger partial charge on any atom is 0.339 e. The number of hydrogen-bond donors (Lipinski definition) is 1. The highest BCUT2D eigenvalue weighted by molar-refractivity contribution is 5.89. The molecule has 0 aliphatic rings. The summed E-state index contributed by atoms with van der Waals surface area (Å²) in [6.45, 7) is 2.07. The predicted octanol–water partition coefficient (Wildman–Crippen LogP) is 1.49. The smallest absolute Gasteiger partial charge is 0.339 e. The van der Waals surface area contributed by atoms with E-state index in [2.05, 4.69) is 10.1 Å². The van der Waals surface area contributed by atoms with Gasteiger partial charge in [-0.3, -0.25) is 4.98 Å². The molecule has 0 amide bonds. The topological polar surface area (TPSA) is 71.8 Å². The summed E-state index contributed by atoms with van der Waals surface area (Å²) in [4.78, 5) is 15.0. The molecule has 0 spiro atoms. The minimum absolute atomic E-state index is 0. The van der Waals surface area contributed by atoms with E-state index in [-0.39, 0.29) is 12.4 Å². The fraction of sp³-hybridized carbons (Fsp3) is 0.222. The number of pyridine rings is 1. The molecule has 15 heavy (non-hydrogen) atoms. The van der Waals surface area contributed by atoms with Crippen molar-refractivity contribution in [1.29, 1.82) is 0 Å². The van der Waals surface area contributed by atoms with Crippen molar-refractivity contribution < 1.29 is 14.7 Å². The highest BCUT2D eigenvalue weighted by Gasteiger charge is 2.05. The van der Waals surface area contributed by atoms with E-state index in [4.69, 9.17) is 9.94 Å². The Morgan fingerprint density at radius 1 is 1.67 bits per heavy atom. The largest absolute Gasteiger partial charge is 0.462 e. The van der Waals surface area contributed by atoms with E-state index in [1.165, 1.54) is 12.4 Å². The van der Waals surface area contributed by atoms with Gasteiger partial charge in [0, 0.05) is 6.20 Å². The van der Waals surface area contributed by atoms with Crippen LogP contribution in [0.2, 0.25) is 0 Å². The number of oxime groups is 1. The van der Waals surface area contributed by atoms with Crippen LogP contribution in [-0.4, -0.2) is 29.0 Å². The standard InChI is InChI=1S/C9H10N2O3.ClH/c1-2-14-9(12)7-3-4-8(6-11-13)10-5-7;/h3-6,13H,2H2,1H3;1H/b11-6+;. The maximum absolute atomic E-state index is 11.2.